The van der Waals surface area contributed by atoms with E-state index in [9.17, 15) is 10.2 Å². The van der Waals surface area contributed by atoms with Crippen LogP contribution in [0.1, 0.15) is 43.4 Å². The fourth-order valence-electron chi connectivity index (χ4n) is 4.02. The topological polar surface area (TPSA) is 79.2 Å². The number of ether oxygens (including phenoxy) is 2. The third-order valence-electron chi connectivity index (χ3n) is 6.60. The van der Waals surface area contributed by atoms with Crippen molar-refractivity contribution in [1.82, 2.24) is 0 Å². The van der Waals surface area contributed by atoms with Gasteiger partial charge in [-0.3, -0.25) is 0 Å². The third-order valence-corrected chi connectivity index (χ3v) is 7.58. The van der Waals surface area contributed by atoms with Gasteiger partial charge < -0.3 is 24.8 Å². The van der Waals surface area contributed by atoms with Crippen molar-refractivity contribution in [3.8, 4) is 11.5 Å². The molecule has 0 bridgehead atoms. The fourth-order valence-corrected chi connectivity index (χ4v) is 5.04. The van der Waals surface area contributed by atoms with Crippen molar-refractivity contribution >= 4 is 11.8 Å². The lowest BCUT2D eigenvalue weighted by Crippen LogP contribution is -2.34. The lowest BCUT2D eigenvalue weighted by molar-refractivity contribution is 0.00588. The summed E-state index contributed by atoms with van der Waals surface area (Å²) < 4.78 is 11.6. The molecule has 6 heteroatoms. The molecular weight excluding hydrogens is 484 g/mol. The maximum absolute atomic E-state index is 10.8. The molecule has 200 valence electrons. The molecule has 0 amide bonds. The summed E-state index contributed by atoms with van der Waals surface area (Å²) in [4.78, 5) is 2.17. The second-order valence-corrected chi connectivity index (χ2v) is 11.4. The highest BCUT2D eigenvalue weighted by atomic mass is 32.2. The number of aryl methyl sites for hydroxylation is 3. The van der Waals surface area contributed by atoms with Gasteiger partial charge in [0, 0.05) is 9.79 Å². The first-order valence-corrected chi connectivity index (χ1v) is 13.7. The highest BCUT2D eigenvalue weighted by Crippen LogP contribution is 2.34. The van der Waals surface area contributed by atoms with Crippen LogP contribution in [0.5, 0.6) is 11.5 Å². The van der Waals surface area contributed by atoms with Crippen molar-refractivity contribution in [2.24, 2.45) is 5.41 Å². The van der Waals surface area contributed by atoms with Gasteiger partial charge in [-0.15, -0.1) is 0 Å². The highest BCUT2D eigenvalue weighted by molar-refractivity contribution is 7.99. The first kappa shape index (κ1) is 29.1. The SMILES string of the molecule is Cc1cc(Sc2ccc(OCC(O)C(C)(C)CCCc3ccccc3)c(C)c2)ccc1OCC(O)CO. The van der Waals surface area contributed by atoms with Crippen LogP contribution in [0.2, 0.25) is 0 Å². The van der Waals surface area contributed by atoms with Gasteiger partial charge in [0.15, 0.2) is 0 Å². The molecule has 0 radical (unpaired) electrons. The van der Waals surface area contributed by atoms with E-state index < -0.39 is 12.2 Å². The molecule has 37 heavy (non-hydrogen) atoms. The smallest absolute Gasteiger partial charge is 0.122 e. The van der Waals surface area contributed by atoms with Crippen LogP contribution in [-0.4, -0.2) is 47.3 Å². The maximum Gasteiger partial charge on any atom is 0.122 e. The van der Waals surface area contributed by atoms with E-state index >= 15 is 0 Å². The molecule has 3 N–H and O–H groups in total. The quantitative estimate of drug-likeness (QED) is 0.241. The summed E-state index contributed by atoms with van der Waals surface area (Å²) in [7, 11) is 0. The molecule has 0 spiro atoms. The van der Waals surface area contributed by atoms with Crippen LogP contribution in [0.25, 0.3) is 0 Å². The molecule has 0 heterocycles. The Hall–Kier alpha value is -2.51. The zero-order valence-electron chi connectivity index (χ0n) is 22.3. The maximum atomic E-state index is 10.8. The Balaban J connectivity index is 1.50. The summed E-state index contributed by atoms with van der Waals surface area (Å²) in [6.07, 6.45) is 1.52. The molecule has 0 saturated heterocycles. The lowest BCUT2D eigenvalue weighted by atomic mass is 9.81. The van der Waals surface area contributed by atoms with Gasteiger partial charge in [0.1, 0.15) is 30.8 Å². The van der Waals surface area contributed by atoms with Gasteiger partial charge in [0.05, 0.1) is 12.7 Å². The van der Waals surface area contributed by atoms with Crippen LogP contribution in [0, 0.1) is 19.3 Å². The van der Waals surface area contributed by atoms with Crippen LogP contribution >= 0.6 is 11.8 Å². The minimum Gasteiger partial charge on any atom is -0.491 e. The van der Waals surface area contributed by atoms with E-state index in [2.05, 4.69) is 44.2 Å². The van der Waals surface area contributed by atoms with Crippen LogP contribution < -0.4 is 9.47 Å². The van der Waals surface area contributed by atoms with E-state index in [0.717, 1.165) is 45.9 Å². The molecule has 2 atom stereocenters. The molecule has 5 nitrogen and oxygen atoms in total. The van der Waals surface area contributed by atoms with Gasteiger partial charge in [0.25, 0.3) is 0 Å². The van der Waals surface area contributed by atoms with Crippen LogP contribution in [0.4, 0.5) is 0 Å². The van der Waals surface area contributed by atoms with Crippen LogP contribution in [0.15, 0.2) is 76.5 Å². The molecule has 0 saturated carbocycles. The molecule has 3 aromatic carbocycles. The molecule has 0 aliphatic heterocycles. The average Bonchev–Trinajstić information content (AvgIpc) is 2.88. The van der Waals surface area contributed by atoms with Crippen LogP contribution in [0.3, 0.4) is 0 Å². The molecular formula is C31H40O5S. The minimum absolute atomic E-state index is 0.0596. The predicted octanol–water partition coefficient (Wildman–Crippen LogP) is 5.98. The second-order valence-electron chi connectivity index (χ2n) is 10.3. The van der Waals surface area contributed by atoms with Gasteiger partial charge in [-0.05, 0) is 91.6 Å². The fraction of sp³-hybridized carbons (Fsp3) is 0.419. The van der Waals surface area contributed by atoms with Crippen molar-refractivity contribution in [3.05, 3.63) is 83.4 Å². The minimum atomic E-state index is -0.885. The van der Waals surface area contributed by atoms with Gasteiger partial charge in [-0.25, -0.2) is 0 Å². The number of rotatable bonds is 14. The molecule has 3 aromatic rings. The Morgan fingerprint density at radius 2 is 1.38 bits per heavy atom. The number of hydrogen-bond donors (Lipinski definition) is 3. The van der Waals surface area contributed by atoms with Crippen molar-refractivity contribution < 1.29 is 24.8 Å². The van der Waals surface area contributed by atoms with Crippen molar-refractivity contribution in [3.63, 3.8) is 0 Å². The predicted molar refractivity (Wildman–Crippen MR) is 150 cm³/mol. The van der Waals surface area contributed by atoms with Crippen LogP contribution in [-0.2, 0) is 6.42 Å². The Morgan fingerprint density at radius 1 is 0.811 bits per heavy atom. The average molecular weight is 525 g/mol. The molecule has 0 fully saturated rings. The molecule has 0 aromatic heterocycles. The van der Waals surface area contributed by atoms with Crippen molar-refractivity contribution in [2.75, 3.05) is 19.8 Å². The van der Waals surface area contributed by atoms with E-state index in [1.54, 1.807) is 11.8 Å². The Morgan fingerprint density at radius 3 is 1.92 bits per heavy atom. The van der Waals surface area contributed by atoms with Crippen molar-refractivity contribution in [1.29, 1.82) is 0 Å². The Bertz CT molecular complexity index is 1120. The summed E-state index contributed by atoms with van der Waals surface area (Å²) in [5.41, 5.74) is 3.08. The molecule has 0 aliphatic rings. The number of aliphatic hydroxyl groups excluding tert-OH is 3. The first-order valence-electron chi connectivity index (χ1n) is 12.8. The monoisotopic (exact) mass is 524 g/mol. The van der Waals surface area contributed by atoms with E-state index in [1.165, 1.54) is 5.56 Å². The number of aliphatic hydroxyl groups is 3. The van der Waals surface area contributed by atoms with E-state index in [4.69, 9.17) is 14.6 Å². The number of hydrogen-bond acceptors (Lipinski definition) is 6. The summed E-state index contributed by atoms with van der Waals surface area (Å²) in [5.74, 6) is 1.48. The second kappa shape index (κ2) is 13.9. The van der Waals surface area contributed by atoms with E-state index in [1.807, 2.05) is 50.2 Å². The lowest BCUT2D eigenvalue weighted by Gasteiger charge is -2.30. The van der Waals surface area contributed by atoms with Gasteiger partial charge in [-0.1, -0.05) is 55.9 Å². The number of benzene rings is 3. The summed E-state index contributed by atoms with van der Waals surface area (Å²) in [5, 5.41) is 29.3. The van der Waals surface area contributed by atoms with Gasteiger partial charge in [-0.2, -0.15) is 0 Å². The summed E-state index contributed by atoms with van der Waals surface area (Å²) >= 11 is 1.65. The normalized spacial score (nSPS) is 13.3. The van der Waals surface area contributed by atoms with E-state index in [0.29, 0.717) is 5.75 Å². The zero-order chi connectivity index (χ0) is 26.8. The van der Waals surface area contributed by atoms with Gasteiger partial charge >= 0.3 is 0 Å². The van der Waals surface area contributed by atoms with Crippen molar-refractivity contribution in [2.45, 2.75) is 69.0 Å². The standard InChI is InChI=1S/C31H40O5S/c1-22-17-26(12-14-28(22)35-20-25(33)19-32)37-27-13-15-29(23(2)18-27)36-21-30(34)31(3,4)16-8-11-24-9-6-5-7-10-24/h5-7,9-10,12-15,17-18,25,30,32-34H,8,11,16,19-21H2,1-4H3. The van der Waals surface area contributed by atoms with Gasteiger partial charge in [0.2, 0.25) is 0 Å². The Kier molecular flexibility index (Phi) is 10.9. The first-order chi connectivity index (χ1) is 17.7. The zero-order valence-corrected chi connectivity index (χ0v) is 23.1. The molecule has 0 aliphatic carbocycles. The summed E-state index contributed by atoms with van der Waals surface area (Å²) in [6, 6.07) is 22.5. The molecule has 3 rings (SSSR count). The highest BCUT2D eigenvalue weighted by Gasteiger charge is 2.28. The largest absolute Gasteiger partial charge is 0.491 e. The summed E-state index contributed by atoms with van der Waals surface area (Å²) in [6.45, 7) is 8.18. The third kappa shape index (κ3) is 9.08. The van der Waals surface area contributed by atoms with E-state index in [-0.39, 0.29) is 25.2 Å². The Labute approximate surface area is 225 Å². The molecule has 2 unspecified atom stereocenters.